The molecule has 0 saturated heterocycles. The Hall–Kier alpha value is -2.29. The Labute approximate surface area is 127 Å². The highest BCUT2D eigenvalue weighted by atomic mass is 79.9. The maximum Gasteiger partial charge on any atom is 0.333 e. The fraction of sp³-hybridized carbons (Fsp3) is 0.250. The number of nitro groups is 1. The van der Waals surface area contributed by atoms with Gasteiger partial charge in [0.1, 0.15) is 5.69 Å². The molecule has 2 N–H and O–H groups in total. The minimum atomic E-state index is -0.524. The highest BCUT2D eigenvalue weighted by Gasteiger charge is 2.24. The lowest BCUT2D eigenvalue weighted by atomic mass is 10.2. The number of hydrogen-bond acceptors (Lipinski definition) is 6. The first-order chi connectivity index (χ1) is 9.97. The Balaban J connectivity index is 1.96. The predicted octanol–water partition coefficient (Wildman–Crippen LogP) is 2.22. The molecule has 0 aliphatic carbocycles. The molecule has 0 saturated carbocycles. The smallest absolute Gasteiger partial charge is 0.333 e. The summed E-state index contributed by atoms with van der Waals surface area (Å²) >= 11 is 3.40. The summed E-state index contributed by atoms with van der Waals surface area (Å²) < 4.78 is 12.8. The number of benzene rings is 1. The fourth-order valence-corrected chi connectivity index (χ4v) is 2.82. The third-order valence-electron chi connectivity index (χ3n) is 3.14. The summed E-state index contributed by atoms with van der Waals surface area (Å²) in [6.07, 6.45) is 0. The van der Waals surface area contributed by atoms with Crippen LogP contribution in [-0.2, 0) is 6.54 Å². The summed E-state index contributed by atoms with van der Waals surface area (Å²) in [6.45, 7) is 2.03. The van der Waals surface area contributed by atoms with Crippen molar-refractivity contribution in [2.45, 2.75) is 13.5 Å². The topological polar surface area (TPSA) is 105 Å². The van der Waals surface area contributed by atoms with Gasteiger partial charge in [0.05, 0.1) is 15.9 Å². The Morgan fingerprint density at radius 2 is 2.29 bits per heavy atom. The van der Waals surface area contributed by atoms with E-state index in [0.717, 1.165) is 10.0 Å². The summed E-state index contributed by atoms with van der Waals surface area (Å²) in [4.78, 5) is 10.4. The highest BCUT2D eigenvalue weighted by Crippen LogP contribution is 2.40. The van der Waals surface area contributed by atoms with Crippen LogP contribution >= 0.6 is 15.9 Å². The van der Waals surface area contributed by atoms with E-state index in [1.807, 2.05) is 6.07 Å². The Morgan fingerprint density at radius 1 is 1.52 bits per heavy atom. The van der Waals surface area contributed by atoms with Crippen LogP contribution in [0.5, 0.6) is 11.5 Å². The van der Waals surface area contributed by atoms with Crippen molar-refractivity contribution in [1.29, 1.82) is 0 Å². The number of aromatic nitrogens is 2. The van der Waals surface area contributed by atoms with E-state index in [1.165, 1.54) is 4.68 Å². The van der Waals surface area contributed by atoms with Crippen LogP contribution in [-0.4, -0.2) is 21.5 Å². The molecule has 21 heavy (non-hydrogen) atoms. The monoisotopic (exact) mass is 354 g/mol. The standard InChI is InChI=1S/C12H11BrN4O4/c1-6-10(17(18)19)12(14)16(15-6)4-7-2-8(13)11-9(3-7)20-5-21-11/h2-3H,4-5,14H2,1H3. The average Bonchev–Trinajstić information content (AvgIpc) is 2.95. The molecule has 1 aliphatic heterocycles. The lowest BCUT2D eigenvalue weighted by molar-refractivity contribution is -0.384. The molecule has 8 nitrogen and oxygen atoms in total. The van der Waals surface area contributed by atoms with Gasteiger partial charge in [0.25, 0.3) is 0 Å². The molecule has 0 fully saturated rings. The molecule has 1 aliphatic rings. The molecule has 0 unspecified atom stereocenters. The molecular weight excluding hydrogens is 344 g/mol. The van der Waals surface area contributed by atoms with Gasteiger partial charge in [-0.15, -0.1) is 0 Å². The Kier molecular flexibility index (Phi) is 3.20. The van der Waals surface area contributed by atoms with Gasteiger partial charge >= 0.3 is 5.69 Å². The summed E-state index contributed by atoms with van der Waals surface area (Å²) in [5, 5.41) is 15.1. The third-order valence-corrected chi connectivity index (χ3v) is 3.73. The summed E-state index contributed by atoms with van der Waals surface area (Å²) in [5.74, 6) is 1.30. The molecule has 9 heteroatoms. The Bertz CT molecular complexity index is 743. The number of hydrogen-bond donors (Lipinski definition) is 1. The van der Waals surface area contributed by atoms with Crippen LogP contribution < -0.4 is 15.2 Å². The van der Waals surface area contributed by atoms with Gasteiger partial charge in [-0.2, -0.15) is 5.10 Å². The van der Waals surface area contributed by atoms with Crippen LogP contribution in [0.2, 0.25) is 0 Å². The molecule has 0 spiro atoms. The number of anilines is 1. The van der Waals surface area contributed by atoms with Crippen LogP contribution in [0.4, 0.5) is 11.5 Å². The lowest BCUT2D eigenvalue weighted by Gasteiger charge is -2.06. The molecule has 0 bridgehead atoms. The normalized spacial score (nSPS) is 12.7. The molecule has 3 rings (SSSR count). The summed E-state index contributed by atoms with van der Waals surface area (Å²) in [7, 11) is 0. The molecule has 2 heterocycles. The summed E-state index contributed by atoms with van der Waals surface area (Å²) in [6, 6.07) is 3.64. The van der Waals surface area contributed by atoms with Crippen molar-refractivity contribution < 1.29 is 14.4 Å². The van der Waals surface area contributed by atoms with Crippen molar-refractivity contribution in [3.63, 3.8) is 0 Å². The van der Waals surface area contributed by atoms with Crippen molar-refractivity contribution in [3.05, 3.63) is 38.0 Å². The fourth-order valence-electron chi connectivity index (χ4n) is 2.22. The zero-order valence-electron chi connectivity index (χ0n) is 11.0. The van der Waals surface area contributed by atoms with Crippen LogP contribution in [0.1, 0.15) is 11.3 Å². The van der Waals surface area contributed by atoms with E-state index in [1.54, 1.807) is 13.0 Å². The van der Waals surface area contributed by atoms with Crippen LogP contribution in [0.3, 0.4) is 0 Å². The van der Waals surface area contributed by atoms with E-state index < -0.39 is 4.92 Å². The molecule has 110 valence electrons. The van der Waals surface area contributed by atoms with Gasteiger partial charge in [0, 0.05) is 0 Å². The second-order valence-corrected chi connectivity index (χ2v) is 5.40. The molecule has 1 aromatic carbocycles. The number of nitrogen functional groups attached to an aromatic ring is 1. The maximum absolute atomic E-state index is 10.9. The highest BCUT2D eigenvalue weighted by molar-refractivity contribution is 9.10. The number of nitrogens with zero attached hydrogens (tertiary/aromatic N) is 3. The SMILES string of the molecule is Cc1nn(Cc2cc(Br)c3c(c2)OCO3)c(N)c1[N+](=O)[O-]. The molecule has 0 amide bonds. The van der Waals surface area contributed by atoms with E-state index in [4.69, 9.17) is 15.2 Å². The quantitative estimate of drug-likeness (QED) is 0.669. The summed E-state index contributed by atoms with van der Waals surface area (Å²) in [5.41, 5.74) is 6.77. The van der Waals surface area contributed by atoms with Gasteiger partial charge in [-0.05, 0) is 40.5 Å². The Morgan fingerprint density at radius 3 is 2.95 bits per heavy atom. The average molecular weight is 355 g/mol. The van der Waals surface area contributed by atoms with E-state index in [2.05, 4.69) is 21.0 Å². The van der Waals surface area contributed by atoms with Crippen LogP contribution in [0, 0.1) is 17.0 Å². The number of halogens is 1. The zero-order chi connectivity index (χ0) is 15.1. The van der Waals surface area contributed by atoms with Crippen molar-refractivity contribution in [2.75, 3.05) is 12.5 Å². The van der Waals surface area contributed by atoms with E-state index in [0.29, 0.717) is 18.0 Å². The van der Waals surface area contributed by atoms with Gasteiger partial charge in [-0.25, -0.2) is 4.68 Å². The van der Waals surface area contributed by atoms with E-state index in [9.17, 15) is 10.1 Å². The van der Waals surface area contributed by atoms with Gasteiger partial charge in [-0.1, -0.05) is 0 Å². The van der Waals surface area contributed by atoms with Gasteiger partial charge in [-0.3, -0.25) is 10.1 Å². The lowest BCUT2D eigenvalue weighted by Crippen LogP contribution is -2.06. The first kappa shape index (κ1) is 13.7. The van der Waals surface area contributed by atoms with Crippen molar-refractivity contribution in [2.24, 2.45) is 0 Å². The number of nitrogens with two attached hydrogens (primary N) is 1. The third kappa shape index (κ3) is 2.29. The maximum atomic E-state index is 10.9. The predicted molar refractivity (Wildman–Crippen MR) is 77.4 cm³/mol. The molecule has 0 radical (unpaired) electrons. The van der Waals surface area contributed by atoms with Crippen molar-refractivity contribution in [1.82, 2.24) is 9.78 Å². The number of fused-ring (bicyclic) bond motifs is 1. The van der Waals surface area contributed by atoms with Crippen LogP contribution in [0.25, 0.3) is 0 Å². The van der Waals surface area contributed by atoms with Crippen molar-refractivity contribution in [3.8, 4) is 11.5 Å². The number of ether oxygens (including phenoxy) is 2. The van der Waals surface area contributed by atoms with E-state index >= 15 is 0 Å². The molecule has 2 aromatic rings. The molecule has 1 aromatic heterocycles. The molecular formula is C12H11BrN4O4. The van der Waals surface area contributed by atoms with Crippen molar-refractivity contribution >= 4 is 27.4 Å². The first-order valence-electron chi connectivity index (χ1n) is 6.02. The minimum Gasteiger partial charge on any atom is -0.454 e. The largest absolute Gasteiger partial charge is 0.454 e. The number of aryl methyl sites for hydroxylation is 1. The van der Waals surface area contributed by atoms with Gasteiger partial charge in [0.15, 0.2) is 11.5 Å². The second-order valence-electron chi connectivity index (χ2n) is 4.55. The zero-order valence-corrected chi connectivity index (χ0v) is 12.6. The number of rotatable bonds is 3. The minimum absolute atomic E-state index is 0.0336. The second kappa shape index (κ2) is 4.92. The van der Waals surface area contributed by atoms with Gasteiger partial charge < -0.3 is 15.2 Å². The first-order valence-corrected chi connectivity index (χ1v) is 6.82. The van der Waals surface area contributed by atoms with Crippen LogP contribution in [0.15, 0.2) is 16.6 Å². The molecule has 0 atom stereocenters. The van der Waals surface area contributed by atoms with Gasteiger partial charge in [0.2, 0.25) is 12.6 Å². The van der Waals surface area contributed by atoms with E-state index in [-0.39, 0.29) is 24.0 Å².